The smallest absolute Gasteiger partial charge is 0.201 e. The molecule has 0 heterocycles. The third kappa shape index (κ3) is 6.08. The van der Waals surface area contributed by atoms with Gasteiger partial charge in [-0.05, 0) is 80.8 Å². The van der Waals surface area contributed by atoms with Crippen LogP contribution in [0.5, 0.6) is 5.75 Å². The summed E-state index contributed by atoms with van der Waals surface area (Å²) in [6, 6.07) is 3.30. The zero-order chi connectivity index (χ0) is 21.3. The number of ether oxygens (including phenoxy) is 1. The van der Waals surface area contributed by atoms with Crippen molar-refractivity contribution in [1.82, 2.24) is 0 Å². The van der Waals surface area contributed by atoms with Crippen LogP contribution in [0.15, 0.2) is 24.5 Å². The van der Waals surface area contributed by atoms with Crippen molar-refractivity contribution in [3.05, 3.63) is 41.7 Å². The van der Waals surface area contributed by atoms with E-state index in [1.54, 1.807) is 25.1 Å². The molecule has 1 nitrogen and oxygen atoms in total. The second-order valence-corrected chi connectivity index (χ2v) is 9.61. The lowest BCUT2D eigenvalue weighted by Gasteiger charge is -2.38. The van der Waals surface area contributed by atoms with Crippen molar-refractivity contribution in [3.63, 3.8) is 0 Å². The maximum absolute atomic E-state index is 14.6. The second-order valence-electron chi connectivity index (χ2n) is 9.61. The molecule has 0 aliphatic heterocycles. The summed E-state index contributed by atoms with van der Waals surface area (Å²) in [7, 11) is 0. The zero-order valence-corrected chi connectivity index (χ0v) is 19.0. The Morgan fingerprint density at radius 2 is 1.53 bits per heavy atom. The molecule has 2 aliphatic carbocycles. The molecule has 2 aliphatic rings. The molecule has 0 N–H and O–H groups in total. The molecule has 1 aromatic rings. The van der Waals surface area contributed by atoms with Crippen LogP contribution in [-0.2, 0) is 0 Å². The molecule has 0 unspecified atom stereocenters. The minimum absolute atomic E-state index is 0.0329. The van der Waals surface area contributed by atoms with Crippen LogP contribution in [0.4, 0.5) is 8.78 Å². The topological polar surface area (TPSA) is 9.23 Å². The van der Waals surface area contributed by atoms with Gasteiger partial charge in [-0.3, -0.25) is 0 Å². The Balaban J connectivity index is 1.46. The third-order valence-electron chi connectivity index (χ3n) is 7.64. The summed E-state index contributed by atoms with van der Waals surface area (Å²) in [5.41, 5.74) is 0.537. The van der Waals surface area contributed by atoms with Gasteiger partial charge >= 0.3 is 0 Å². The highest BCUT2D eigenvalue weighted by atomic mass is 19.2. The van der Waals surface area contributed by atoms with E-state index in [9.17, 15) is 8.78 Å². The lowest BCUT2D eigenvalue weighted by Crippen LogP contribution is -2.25. The molecule has 0 atom stereocenters. The Labute approximate surface area is 182 Å². The fraction of sp³-hybridized carbons (Fsp3) is 0.704. The van der Waals surface area contributed by atoms with Gasteiger partial charge in [-0.15, -0.1) is 0 Å². The molecule has 0 aromatic heterocycles. The van der Waals surface area contributed by atoms with Crippen LogP contribution in [0.25, 0.3) is 0 Å². The minimum Gasteiger partial charge on any atom is -0.462 e. The molecule has 0 radical (unpaired) electrons. The van der Waals surface area contributed by atoms with Crippen molar-refractivity contribution in [3.8, 4) is 5.75 Å². The van der Waals surface area contributed by atoms with Crippen molar-refractivity contribution >= 4 is 0 Å². The van der Waals surface area contributed by atoms with Gasteiger partial charge in [0.2, 0.25) is 5.82 Å². The molecule has 0 amide bonds. The van der Waals surface area contributed by atoms with Gasteiger partial charge in [0.15, 0.2) is 11.6 Å². The Morgan fingerprint density at radius 3 is 2.17 bits per heavy atom. The average Bonchev–Trinajstić information content (AvgIpc) is 2.78. The fourth-order valence-corrected chi connectivity index (χ4v) is 5.80. The highest BCUT2D eigenvalue weighted by Gasteiger charge is 2.32. The van der Waals surface area contributed by atoms with Gasteiger partial charge in [0, 0.05) is 0 Å². The fourth-order valence-electron chi connectivity index (χ4n) is 5.80. The molecule has 0 saturated heterocycles. The molecule has 3 rings (SSSR count). The first-order valence-electron chi connectivity index (χ1n) is 12.4. The van der Waals surface area contributed by atoms with Crippen LogP contribution >= 0.6 is 0 Å². The van der Waals surface area contributed by atoms with Crippen LogP contribution in [-0.4, -0.2) is 0 Å². The van der Waals surface area contributed by atoms with Crippen molar-refractivity contribution in [2.24, 2.45) is 17.8 Å². The molecule has 1 aromatic carbocycles. The van der Waals surface area contributed by atoms with E-state index in [4.69, 9.17) is 4.74 Å². The Bertz CT molecular complexity index is 668. The number of halogens is 2. The van der Waals surface area contributed by atoms with E-state index in [-0.39, 0.29) is 11.7 Å². The summed E-state index contributed by atoms with van der Waals surface area (Å²) < 4.78 is 34.1. The van der Waals surface area contributed by atoms with E-state index >= 15 is 0 Å². The van der Waals surface area contributed by atoms with E-state index in [0.29, 0.717) is 5.56 Å². The van der Waals surface area contributed by atoms with Gasteiger partial charge in [-0.1, -0.05) is 64.0 Å². The highest BCUT2D eigenvalue weighted by molar-refractivity contribution is 5.33. The summed E-state index contributed by atoms with van der Waals surface area (Å²) in [6.07, 6.45) is 19.8. The van der Waals surface area contributed by atoms with Crippen molar-refractivity contribution in [2.75, 3.05) is 0 Å². The zero-order valence-electron chi connectivity index (χ0n) is 19.0. The molecule has 0 bridgehead atoms. The van der Waals surface area contributed by atoms with Crippen LogP contribution in [0.3, 0.4) is 0 Å². The van der Waals surface area contributed by atoms with E-state index in [1.165, 1.54) is 64.0 Å². The molecule has 2 fully saturated rings. The summed E-state index contributed by atoms with van der Waals surface area (Å²) >= 11 is 0. The van der Waals surface area contributed by atoms with Crippen LogP contribution in [0, 0.1) is 29.4 Å². The normalized spacial score (nSPS) is 27.5. The van der Waals surface area contributed by atoms with Crippen molar-refractivity contribution < 1.29 is 13.5 Å². The summed E-state index contributed by atoms with van der Waals surface area (Å²) in [5.74, 6) is 1.13. The maximum atomic E-state index is 14.6. The number of unbranched alkanes of at least 4 members (excludes halogenated alkanes) is 3. The molecule has 168 valence electrons. The Kier molecular flexibility index (Phi) is 9.21. The van der Waals surface area contributed by atoms with E-state index in [1.807, 2.05) is 0 Å². The van der Waals surface area contributed by atoms with Gasteiger partial charge < -0.3 is 4.74 Å². The lowest BCUT2D eigenvalue weighted by molar-refractivity contribution is 0.155. The molecule has 30 heavy (non-hydrogen) atoms. The molecular formula is C27H40F2O. The number of hydrogen-bond acceptors (Lipinski definition) is 1. The van der Waals surface area contributed by atoms with Crippen molar-refractivity contribution in [1.29, 1.82) is 0 Å². The van der Waals surface area contributed by atoms with Crippen LogP contribution in [0.2, 0.25) is 0 Å². The Morgan fingerprint density at radius 1 is 0.867 bits per heavy atom. The summed E-state index contributed by atoms with van der Waals surface area (Å²) in [4.78, 5) is 0. The quantitative estimate of drug-likeness (QED) is 0.287. The number of allylic oxidation sites excluding steroid dienone is 1. The number of benzene rings is 1. The second kappa shape index (κ2) is 11.9. The lowest BCUT2D eigenvalue weighted by atomic mass is 9.68. The van der Waals surface area contributed by atoms with Gasteiger partial charge in [-0.2, -0.15) is 4.39 Å². The van der Waals surface area contributed by atoms with E-state index < -0.39 is 11.6 Å². The first kappa shape index (κ1) is 23.3. The first-order chi connectivity index (χ1) is 14.6. The summed E-state index contributed by atoms with van der Waals surface area (Å²) in [5, 5.41) is 0. The summed E-state index contributed by atoms with van der Waals surface area (Å²) in [6.45, 7) is 4.06. The van der Waals surface area contributed by atoms with Gasteiger partial charge in [0.05, 0.1) is 6.26 Å². The third-order valence-corrected chi connectivity index (χ3v) is 7.64. The number of hydrogen-bond donors (Lipinski definition) is 0. The predicted molar refractivity (Wildman–Crippen MR) is 121 cm³/mol. The average molecular weight is 419 g/mol. The van der Waals surface area contributed by atoms with Gasteiger partial charge in [0.1, 0.15) is 0 Å². The van der Waals surface area contributed by atoms with Crippen molar-refractivity contribution in [2.45, 2.75) is 103 Å². The largest absolute Gasteiger partial charge is 0.462 e. The molecule has 2 saturated carbocycles. The SMILES string of the molecule is CC=COc1ccc(C2CCC(C3CCC(CCCCCC)CC3)CC2)c(F)c1F. The standard InChI is InChI=1S/C27H40F2O/c1-3-5-6-7-8-20-9-11-21(12-10-20)22-13-15-23(16-14-22)24-17-18-25(30-19-4-2)27(29)26(24)28/h4,17-23H,3,5-16H2,1-2H3. The van der Waals surface area contributed by atoms with Crippen LogP contribution in [0.1, 0.15) is 109 Å². The molecule has 3 heteroatoms. The van der Waals surface area contributed by atoms with E-state index in [0.717, 1.165) is 43.4 Å². The van der Waals surface area contributed by atoms with Gasteiger partial charge in [0.25, 0.3) is 0 Å². The monoisotopic (exact) mass is 418 g/mol. The predicted octanol–water partition coefficient (Wildman–Crippen LogP) is 8.93. The number of rotatable bonds is 9. The van der Waals surface area contributed by atoms with E-state index in [2.05, 4.69) is 6.92 Å². The molecule has 0 spiro atoms. The van der Waals surface area contributed by atoms with Gasteiger partial charge in [-0.25, -0.2) is 4.39 Å². The first-order valence-corrected chi connectivity index (χ1v) is 12.4. The Hall–Kier alpha value is -1.38. The minimum atomic E-state index is -0.856. The highest BCUT2D eigenvalue weighted by Crippen LogP contribution is 2.45. The maximum Gasteiger partial charge on any atom is 0.201 e. The molecular weight excluding hydrogens is 378 g/mol. The van der Waals surface area contributed by atoms with Crippen LogP contribution < -0.4 is 4.74 Å².